The summed E-state index contributed by atoms with van der Waals surface area (Å²) >= 11 is 1.39. The molecule has 1 fully saturated rings. The fourth-order valence-electron chi connectivity index (χ4n) is 3.96. The molecule has 2 aliphatic rings. The molecule has 1 saturated heterocycles. The maximum absolute atomic E-state index is 13.9. The Bertz CT molecular complexity index is 1250. The van der Waals surface area contributed by atoms with E-state index in [0.29, 0.717) is 38.1 Å². The van der Waals surface area contributed by atoms with Crippen LogP contribution in [0.2, 0.25) is 0 Å². The molecule has 2 aliphatic heterocycles. The molecule has 12 heteroatoms. The standard InChI is InChI=1S/C23H22F3N7OS/c24-23(25,26)16-10-19(27)29-12-15(16)17-11-20(31-22(30-17)32-6-8-34-9-7-32)33-18(13-35-21(33)28)14-4-2-1-3-5-14/h1-5,10-13,21H,6-9,28H2,(H2,27,29). The first-order chi connectivity index (χ1) is 16.8. The van der Waals surface area contributed by atoms with Gasteiger partial charge in [-0.15, -0.1) is 0 Å². The number of nitrogen functional groups attached to an aromatic ring is 1. The molecular formula is C23H22F3N7OS. The molecule has 1 atom stereocenters. The van der Waals surface area contributed by atoms with E-state index in [0.717, 1.165) is 23.5 Å². The maximum Gasteiger partial charge on any atom is 0.417 e. The summed E-state index contributed by atoms with van der Waals surface area (Å²) < 4.78 is 47.2. The molecular weight excluding hydrogens is 479 g/mol. The van der Waals surface area contributed by atoms with Crippen LogP contribution in [-0.2, 0) is 10.9 Å². The van der Waals surface area contributed by atoms with Crippen LogP contribution in [-0.4, -0.2) is 46.8 Å². The molecule has 3 aromatic rings. The van der Waals surface area contributed by atoms with Gasteiger partial charge in [0.15, 0.2) is 0 Å². The molecule has 0 aliphatic carbocycles. The molecule has 5 rings (SSSR count). The van der Waals surface area contributed by atoms with E-state index in [-0.39, 0.29) is 17.1 Å². The van der Waals surface area contributed by atoms with Gasteiger partial charge in [0.05, 0.1) is 30.2 Å². The molecule has 1 unspecified atom stereocenters. The minimum absolute atomic E-state index is 0.0767. The van der Waals surface area contributed by atoms with Crippen molar-refractivity contribution in [1.29, 1.82) is 0 Å². The molecule has 0 amide bonds. The van der Waals surface area contributed by atoms with Crippen molar-refractivity contribution in [3.05, 3.63) is 65.2 Å². The van der Waals surface area contributed by atoms with Crippen LogP contribution in [0.15, 0.2) is 54.1 Å². The van der Waals surface area contributed by atoms with E-state index < -0.39 is 17.2 Å². The Morgan fingerprint density at radius 3 is 2.51 bits per heavy atom. The summed E-state index contributed by atoms with van der Waals surface area (Å²) in [6.07, 6.45) is -3.55. The third-order valence-corrected chi connectivity index (χ3v) is 6.50. The lowest BCUT2D eigenvalue weighted by Gasteiger charge is -2.30. The highest BCUT2D eigenvalue weighted by Crippen LogP contribution is 2.41. The minimum atomic E-state index is -4.65. The normalized spacial score (nSPS) is 18.6. The van der Waals surface area contributed by atoms with E-state index in [2.05, 4.69) is 9.97 Å². The van der Waals surface area contributed by atoms with Gasteiger partial charge in [0.25, 0.3) is 0 Å². The number of nitrogens with two attached hydrogens (primary N) is 2. The number of hydrogen-bond donors (Lipinski definition) is 2. The fraction of sp³-hybridized carbons (Fsp3) is 0.261. The van der Waals surface area contributed by atoms with Crippen molar-refractivity contribution in [3.63, 3.8) is 0 Å². The lowest BCUT2D eigenvalue weighted by molar-refractivity contribution is -0.137. The number of alkyl halides is 3. The minimum Gasteiger partial charge on any atom is -0.384 e. The molecule has 4 heterocycles. The number of aromatic nitrogens is 3. The van der Waals surface area contributed by atoms with Crippen molar-refractivity contribution in [3.8, 4) is 11.3 Å². The second-order valence-electron chi connectivity index (χ2n) is 7.93. The highest BCUT2D eigenvalue weighted by atomic mass is 32.2. The Hall–Kier alpha value is -3.35. The van der Waals surface area contributed by atoms with Gasteiger partial charge in [0.2, 0.25) is 5.95 Å². The summed E-state index contributed by atoms with van der Waals surface area (Å²) in [6, 6.07) is 11.9. The van der Waals surface area contributed by atoms with Crippen LogP contribution in [0.4, 0.5) is 30.8 Å². The van der Waals surface area contributed by atoms with Gasteiger partial charge in [0, 0.05) is 30.9 Å². The monoisotopic (exact) mass is 501 g/mol. The quantitative estimate of drug-likeness (QED) is 0.553. The summed E-state index contributed by atoms with van der Waals surface area (Å²) in [5.41, 5.74) is 12.2. The largest absolute Gasteiger partial charge is 0.417 e. The molecule has 0 spiro atoms. The number of thioether (sulfide) groups is 1. The van der Waals surface area contributed by atoms with Crippen LogP contribution in [0.5, 0.6) is 0 Å². The zero-order valence-electron chi connectivity index (χ0n) is 18.4. The molecule has 0 bridgehead atoms. The molecule has 8 nitrogen and oxygen atoms in total. The number of rotatable bonds is 4. The predicted molar refractivity (Wildman–Crippen MR) is 130 cm³/mol. The van der Waals surface area contributed by atoms with Crippen molar-refractivity contribution in [2.45, 2.75) is 11.7 Å². The second-order valence-corrected chi connectivity index (χ2v) is 8.92. The maximum atomic E-state index is 13.9. The van der Waals surface area contributed by atoms with Crippen molar-refractivity contribution >= 4 is 35.0 Å². The second kappa shape index (κ2) is 9.36. The van der Waals surface area contributed by atoms with Gasteiger partial charge in [-0.1, -0.05) is 42.1 Å². The Morgan fingerprint density at radius 1 is 1.06 bits per heavy atom. The first kappa shape index (κ1) is 23.4. The third-order valence-electron chi connectivity index (χ3n) is 5.65. The van der Waals surface area contributed by atoms with Crippen molar-refractivity contribution in [1.82, 2.24) is 15.0 Å². The zero-order chi connectivity index (χ0) is 24.6. The van der Waals surface area contributed by atoms with Gasteiger partial charge in [-0.2, -0.15) is 18.2 Å². The van der Waals surface area contributed by atoms with Gasteiger partial charge in [-0.25, -0.2) is 9.97 Å². The number of anilines is 3. The highest BCUT2D eigenvalue weighted by molar-refractivity contribution is 8.03. The lowest BCUT2D eigenvalue weighted by atomic mass is 10.1. The summed E-state index contributed by atoms with van der Waals surface area (Å²) in [4.78, 5) is 16.8. The lowest BCUT2D eigenvalue weighted by Crippen LogP contribution is -2.39. The van der Waals surface area contributed by atoms with Gasteiger partial charge < -0.3 is 21.1 Å². The van der Waals surface area contributed by atoms with E-state index in [4.69, 9.17) is 21.2 Å². The van der Waals surface area contributed by atoms with E-state index in [1.807, 2.05) is 40.6 Å². The molecule has 4 N–H and O–H groups in total. The fourth-order valence-corrected chi connectivity index (χ4v) is 4.82. The van der Waals surface area contributed by atoms with Gasteiger partial charge in [-0.05, 0) is 17.0 Å². The van der Waals surface area contributed by atoms with Gasteiger partial charge in [-0.3, -0.25) is 4.90 Å². The summed E-state index contributed by atoms with van der Waals surface area (Å²) in [5.74, 6) is 0.451. The Morgan fingerprint density at radius 2 is 1.80 bits per heavy atom. The first-order valence-corrected chi connectivity index (χ1v) is 11.8. The molecule has 0 saturated carbocycles. The number of morpholine rings is 1. The number of pyridine rings is 1. The van der Waals surface area contributed by atoms with Crippen molar-refractivity contribution in [2.75, 3.05) is 41.8 Å². The Balaban J connectivity index is 1.67. The van der Waals surface area contributed by atoms with Gasteiger partial charge >= 0.3 is 6.18 Å². The van der Waals surface area contributed by atoms with E-state index >= 15 is 0 Å². The molecule has 0 radical (unpaired) electrons. The topological polar surface area (TPSA) is 106 Å². The van der Waals surface area contributed by atoms with Crippen molar-refractivity contribution < 1.29 is 17.9 Å². The summed E-state index contributed by atoms with van der Waals surface area (Å²) in [5, 5.41) is 1.92. The van der Waals surface area contributed by atoms with Crippen molar-refractivity contribution in [2.24, 2.45) is 5.73 Å². The third kappa shape index (κ3) is 4.77. The van der Waals surface area contributed by atoms with Crippen LogP contribution in [0, 0.1) is 0 Å². The highest BCUT2D eigenvalue weighted by Gasteiger charge is 2.36. The number of ether oxygens (including phenoxy) is 1. The van der Waals surface area contributed by atoms with Crippen LogP contribution in [0.1, 0.15) is 11.1 Å². The number of hydrogen-bond acceptors (Lipinski definition) is 9. The van der Waals surface area contributed by atoms with E-state index in [9.17, 15) is 13.2 Å². The number of halogens is 3. The summed E-state index contributed by atoms with van der Waals surface area (Å²) in [7, 11) is 0. The Labute approximate surface area is 203 Å². The predicted octanol–water partition coefficient (Wildman–Crippen LogP) is 3.77. The first-order valence-electron chi connectivity index (χ1n) is 10.8. The van der Waals surface area contributed by atoms with E-state index in [1.54, 1.807) is 4.90 Å². The van der Waals surface area contributed by atoms with E-state index in [1.165, 1.54) is 17.8 Å². The molecule has 1 aromatic carbocycles. The number of benzene rings is 1. The molecule has 182 valence electrons. The average molecular weight is 502 g/mol. The van der Waals surface area contributed by atoms with Crippen LogP contribution in [0.25, 0.3) is 17.0 Å². The SMILES string of the molecule is Nc1cc(C(F)(F)F)c(-c2cc(N3C(c4ccccc4)=CSC3N)nc(N3CCOCC3)n2)cn1. The zero-order valence-corrected chi connectivity index (χ0v) is 19.3. The molecule has 2 aromatic heterocycles. The number of nitrogens with zero attached hydrogens (tertiary/aromatic N) is 5. The van der Waals surface area contributed by atoms with Crippen LogP contribution in [0.3, 0.4) is 0 Å². The van der Waals surface area contributed by atoms with Crippen LogP contribution < -0.4 is 21.3 Å². The summed E-state index contributed by atoms with van der Waals surface area (Å²) in [6.45, 7) is 1.96. The Kier molecular flexibility index (Phi) is 6.26. The van der Waals surface area contributed by atoms with Gasteiger partial charge in [0.1, 0.15) is 17.1 Å². The average Bonchev–Trinajstić information content (AvgIpc) is 3.25. The molecule has 35 heavy (non-hydrogen) atoms. The smallest absolute Gasteiger partial charge is 0.384 e. The van der Waals surface area contributed by atoms with Crippen LogP contribution >= 0.6 is 11.8 Å².